The molecule has 1 aliphatic heterocycles. The Morgan fingerprint density at radius 2 is 1.71 bits per heavy atom. The van der Waals surface area contributed by atoms with Crippen LogP contribution in [0.2, 0.25) is 0 Å². The second-order valence-electron chi connectivity index (χ2n) is 7.37. The van der Waals surface area contributed by atoms with Crippen molar-refractivity contribution in [2.24, 2.45) is 0 Å². The van der Waals surface area contributed by atoms with Gasteiger partial charge in [0.15, 0.2) is 0 Å². The smallest absolute Gasteiger partial charge is 0.220 e. The molecule has 5 nitrogen and oxygen atoms in total. The first kappa shape index (κ1) is 18.6. The van der Waals surface area contributed by atoms with Crippen molar-refractivity contribution in [2.75, 3.05) is 44.2 Å². The highest BCUT2D eigenvalue weighted by atomic mass is 16.1. The lowest BCUT2D eigenvalue weighted by molar-refractivity contribution is -0.121. The summed E-state index contributed by atoms with van der Waals surface area (Å²) in [5, 5.41) is 4.29. The molecule has 1 amide bonds. The number of benzene rings is 2. The Balaban J connectivity index is 1.15. The van der Waals surface area contributed by atoms with Crippen molar-refractivity contribution < 1.29 is 4.79 Å². The number of aromatic amines is 1. The highest BCUT2D eigenvalue weighted by Gasteiger charge is 2.16. The number of carbonyl (C=O) groups is 1. The lowest BCUT2D eigenvalue weighted by Gasteiger charge is -2.36. The fraction of sp³-hybridized carbons (Fsp3) is 0.348. The van der Waals surface area contributed by atoms with Gasteiger partial charge in [0.2, 0.25) is 5.91 Å². The summed E-state index contributed by atoms with van der Waals surface area (Å²) in [5.74, 6) is 0.133. The summed E-state index contributed by atoms with van der Waals surface area (Å²) in [6.07, 6.45) is 3.32. The zero-order chi connectivity index (χ0) is 19.2. The predicted molar refractivity (Wildman–Crippen MR) is 115 cm³/mol. The minimum atomic E-state index is 0.133. The van der Waals surface area contributed by atoms with Crippen molar-refractivity contribution in [3.8, 4) is 0 Å². The molecule has 0 bridgehead atoms. The van der Waals surface area contributed by atoms with Gasteiger partial charge in [0, 0.05) is 68.5 Å². The number of rotatable bonds is 7. The van der Waals surface area contributed by atoms with Gasteiger partial charge in [-0.2, -0.15) is 0 Å². The Morgan fingerprint density at radius 1 is 0.964 bits per heavy atom. The van der Waals surface area contributed by atoms with E-state index in [1.165, 1.54) is 16.6 Å². The summed E-state index contributed by atoms with van der Waals surface area (Å²) in [6, 6.07) is 18.8. The zero-order valence-electron chi connectivity index (χ0n) is 16.2. The lowest BCUT2D eigenvalue weighted by atomic mass is 10.1. The van der Waals surface area contributed by atoms with Crippen LogP contribution in [0, 0.1) is 0 Å². The number of amides is 1. The maximum absolute atomic E-state index is 12.2. The van der Waals surface area contributed by atoms with Crippen LogP contribution in [0.4, 0.5) is 5.69 Å². The molecule has 0 unspecified atom stereocenters. The van der Waals surface area contributed by atoms with E-state index in [1.807, 2.05) is 18.3 Å². The van der Waals surface area contributed by atoms with Crippen molar-refractivity contribution in [3.63, 3.8) is 0 Å². The number of aromatic nitrogens is 1. The largest absolute Gasteiger partial charge is 0.369 e. The molecule has 0 spiro atoms. The van der Waals surface area contributed by atoms with Gasteiger partial charge in [-0.25, -0.2) is 0 Å². The van der Waals surface area contributed by atoms with Crippen LogP contribution in [-0.4, -0.2) is 55.1 Å². The van der Waals surface area contributed by atoms with E-state index in [0.717, 1.165) is 51.2 Å². The van der Waals surface area contributed by atoms with E-state index in [4.69, 9.17) is 0 Å². The molecule has 2 N–H and O–H groups in total. The molecule has 1 fully saturated rings. The van der Waals surface area contributed by atoms with E-state index < -0.39 is 0 Å². The molecule has 0 aliphatic carbocycles. The van der Waals surface area contributed by atoms with Gasteiger partial charge in [-0.1, -0.05) is 36.4 Å². The van der Waals surface area contributed by atoms with Crippen LogP contribution in [0.5, 0.6) is 0 Å². The van der Waals surface area contributed by atoms with Gasteiger partial charge >= 0.3 is 0 Å². The van der Waals surface area contributed by atoms with Gasteiger partial charge in [-0.05, 0) is 30.2 Å². The summed E-state index contributed by atoms with van der Waals surface area (Å²) in [6.45, 7) is 5.80. The number of para-hydroxylation sites is 2. The molecule has 2 aromatic carbocycles. The van der Waals surface area contributed by atoms with Crippen LogP contribution in [-0.2, 0) is 11.2 Å². The van der Waals surface area contributed by atoms with E-state index in [9.17, 15) is 4.79 Å². The van der Waals surface area contributed by atoms with Crippen LogP contribution in [0.15, 0.2) is 60.8 Å². The molecule has 3 aromatic rings. The number of nitrogens with zero attached hydrogens (tertiary/aromatic N) is 2. The molecule has 0 atom stereocenters. The number of anilines is 1. The molecular weight excluding hydrogens is 348 g/mol. The Bertz CT molecular complexity index is 897. The topological polar surface area (TPSA) is 51.4 Å². The van der Waals surface area contributed by atoms with Crippen molar-refractivity contribution in [2.45, 2.75) is 12.8 Å². The SMILES string of the molecule is O=C(CCc1c[nH]c2ccccc12)NCCN1CCN(c2ccccc2)CC1. The van der Waals surface area contributed by atoms with Crippen LogP contribution in [0.3, 0.4) is 0 Å². The highest BCUT2D eigenvalue weighted by Crippen LogP contribution is 2.19. The molecular formula is C23H28N4O. The first-order valence-electron chi connectivity index (χ1n) is 10.1. The van der Waals surface area contributed by atoms with Gasteiger partial charge < -0.3 is 15.2 Å². The maximum Gasteiger partial charge on any atom is 0.220 e. The monoisotopic (exact) mass is 376 g/mol. The second kappa shape index (κ2) is 8.93. The average Bonchev–Trinajstić information content (AvgIpc) is 3.17. The molecule has 1 aromatic heterocycles. The van der Waals surface area contributed by atoms with Crippen LogP contribution >= 0.6 is 0 Å². The van der Waals surface area contributed by atoms with E-state index >= 15 is 0 Å². The standard InChI is InChI=1S/C23H28N4O/c28-23(11-10-19-18-25-22-9-5-4-8-21(19)22)24-12-13-26-14-16-27(17-15-26)20-6-2-1-3-7-20/h1-9,18,25H,10-17H2,(H,24,28). The second-order valence-corrected chi connectivity index (χ2v) is 7.37. The first-order chi connectivity index (χ1) is 13.8. The van der Waals surface area contributed by atoms with Gasteiger partial charge in [-0.3, -0.25) is 9.69 Å². The quantitative estimate of drug-likeness (QED) is 0.666. The van der Waals surface area contributed by atoms with E-state index in [1.54, 1.807) is 0 Å². The van der Waals surface area contributed by atoms with Crippen molar-refractivity contribution in [1.82, 2.24) is 15.2 Å². The number of aryl methyl sites for hydroxylation is 1. The number of piperazine rings is 1. The highest BCUT2D eigenvalue weighted by molar-refractivity contribution is 5.84. The molecule has 1 saturated heterocycles. The number of nitrogens with one attached hydrogen (secondary N) is 2. The zero-order valence-corrected chi connectivity index (χ0v) is 16.2. The lowest BCUT2D eigenvalue weighted by Crippen LogP contribution is -2.48. The molecule has 1 aliphatic rings. The van der Waals surface area contributed by atoms with E-state index in [2.05, 4.69) is 62.6 Å². The van der Waals surface area contributed by atoms with Gasteiger partial charge in [0.05, 0.1) is 0 Å². The van der Waals surface area contributed by atoms with Crippen molar-refractivity contribution >= 4 is 22.5 Å². The molecule has 4 rings (SSSR count). The van der Waals surface area contributed by atoms with Crippen molar-refractivity contribution in [1.29, 1.82) is 0 Å². The minimum Gasteiger partial charge on any atom is -0.369 e. The summed E-state index contributed by atoms with van der Waals surface area (Å²) < 4.78 is 0. The molecule has 2 heterocycles. The minimum absolute atomic E-state index is 0.133. The van der Waals surface area contributed by atoms with E-state index in [-0.39, 0.29) is 5.91 Å². The third kappa shape index (κ3) is 4.54. The summed E-state index contributed by atoms with van der Waals surface area (Å²) in [5.41, 5.74) is 3.64. The third-order valence-corrected chi connectivity index (χ3v) is 5.54. The third-order valence-electron chi connectivity index (χ3n) is 5.54. The maximum atomic E-state index is 12.2. The number of H-pyrrole nitrogens is 1. The first-order valence-corrected chi connectivity index (χ1v) is 10.1. The Labute approximate surface area is 166 Å². The van der Waals surface area contributed by atoms with Crippen LogP contribution in [0.1, 0.15) is 12.0 Å². The number of hydrogen-bond donors (Lipinski definition) is 2. The molecule has 28 heavy (non-hydrogen) atoms. The summed E-state index contributed by atoms with van der Waals surface area (Å²) in [4.78, 5) is 20.3. The Kier molecular flexibility index (Phi) is 5.92. The van der Waals surface area contributed by atoms with Gasteiger partial charge in [0.25, 0.3) is 0 Å². The fourth-order valence-corrected chi connectivity index (χ4v) is 3.90. The fourth-order valence-electron chi connectivity index (χ4n) is 3.90. The summed E-state index contributed by atoms with van der Waals surface area (Å²) in [7, 11) is 0. The number of hydrogen-bond acceptors (Lipinski definition) is 3. The predicted octanol–water partition coefficient (Wildman–Crippen LogP) is 3.04. The molecule has 5 heteroatoms. The Morgan fingerprint density at radius 3 is 2.54 bits per heavy atom. The summed E-state index contributed by atoms with van der Waals surface area (Å²) >= 11 is 0. The normalized spacial score (nSPS) is 15.1. The molecule has 0 radical (unpaired) electrons. The van der Waals surface area contributed by atoms with Crippen molar-refractivity contribution in [3.05, 3.63) is 66.4 Å². The average molecular weight is 377 g/mol. The number of carbonyl (C=O) groups excluding carboxylic acids is 1. The molecule has 0 saturated carbocycles. The van der Waals surface area contributed by atoms with Gasteiger partial charge in [-0.15, -0.1) is 0 Å². The van der Waals surface area contributed by atoms with Gasteiger partial charge in [0.1, 0.15) is 0 Å². The molecule has 146 valence electrons. The van der Waals surface area contributed by atoms with Crippen LogP contribution in [0.25, 0.3) is 10.9 Å². The number of fused-ring (bicyclic) bond motifs is 1. The Hall–Kier alpha value is -2.79. The van der Waals surface area contributed by atoms with E-state index in [0.29, 0.717) is 6.42 Å². The van der Waals surface area contributed by atoms with Crippen LogP contribution < -0.4 is 10.2 Å².